The molecule has 0 aromatic rings. The molecule has 0 saturated heterocycles. The van der Waals surface area contributed by atoms with Crippen LogP contribution >= 0.6 is 0 Å². The monoisotopic (exact) mass is 380 g/mol. The van der Waals surface area contributed by atoms with Gasteiger partial charge in [-0.3, -0.25) is 9.29 Å². The summed E-state index contributed by atoms with van der Waals surface area (Å²) in [5.74, 6) is -13.5. The van der Waals surface area contributed by atoms with E-state index >= 15 is 0 Å². The first-order valence-electron chi connectivity index (χ1n) is 4.39. The molecule has 0 rings (SSSR count). The highest BCUT2D eigenvalue weighted by Crippen LogP contribution is 2.52. The van der Waals surface area contributed by atoms with Gasteiger partial charge >= 0.3 is 39.4 Å². The smallest absolute Gasteiger partial charge is 0.281 e. The minimum Gasteiger partial charge on any atom is -0.281 e. The zero-order valence-electron chi connectivity index (χ0n) is 9.44. The van der Waals surface area contributed by atoms with Crippen LogP contribution < -0.4 is 0 Å². The summed E-state index contributed by atoms with van der Waals surface area (Å²) in [4.78, 5) is 0. The molecule has 0 amide bonds. The third-order valence-electron chi connectivity index (χ3n) is 1.93. The SMILES string of the molecule is O=S(=O)(O)C(F)(F)C(F)(F)OC(F)(C(F)(F)F)C(F)(F)CF. The van der Waals surface area contributed by atoms with Crippen LogP contribution in [0, 0.1) is 0 Å². The number of hydrogen-bond donors (Lipinski definition) is 1. The summed E-state index contributed by atoms with van der Waals surface area (Å²) in [6.07, 6.45) is -14.3. The molecule has 4 nitrogen and oxygen atoms in total. The van der Waals surface area contributed by atoms with Crippen LogP contribution in [-0.4, -0.2) is 49.0 Å². The maximum atomic E-state index is 13.1. The Balaban J connectivity index is 6.11. The first kappa shape index (κ1) is 21.1. The van der Waals surface area contributed by atoms with Gasteiger partial charge in [0, 0.05) is 0 Å². The Morgan fingerprint density at radius 2 is 1.23 bits per heavy atom. The molecule has 0 aromatic heterocycles. The van der Waals surface area contributed by atoms with Gasteiger partial charge in [0.15, 0.2) is 6.67 Å². The fourth-order valence-electron chi connectivity index (χ4n) is 0.812. The molecule has 16 heteroatoms. The Bertz CT molecular complexity index is 511. The lowest BCUT2D eigenvalue weighted by atomic mass is 10.1. The number of alkyl halides is 11. The zero-order chi connectivity index (χ0) is 18.4. The number of halogens is 11. The number of hydrogen-bond acceptors (Lipinski definition) is 3. The Kier molecular flexibility index (Phi) is 5.11. The average Bonchev–Trinajstić information content (AvgIpc) is 2.24. The third kappa shape index (κ3) is 3.22. The lowest BCUT2D eigenvalue weighted by Gasteiger charge is -2.36. The first-order valence-corrected chi connectivity index (χ1v) is 5.83. The largest absolute Gasteiger partial charge is 0.460 e. The van der Waals surface area contributed by atoms with Gasteiger partial charge in [-0.1, -0.05) is 0 Å². The van der Waals surface area contributed by atoms with Crippen LogP contribution in [0.2, 0.25) is 0 Å². The fourth-order valence-corrected chi connectivity index (χ4v) is 1.15. The van der Waals surface area contributed by atoms with E-state index in [-0.39, 0.29) is 0 Å². The topological polar surface area (TPSA) is 63.6 Å². The van der Waals surface area contributed by atoms with Crippen LogP contribution in [0.1, 0.15) is 0 Å². The number of rotatable bonds is 6. The molecule has 1 unspecified atom stereocenters. The van der Waals surface area contributed by atoms with Crippen molar-refractivity contribution in [3.8, 4) is 0 Å². The van der Waals surface area contributed by atoms with Crippen molar-refractivity contribution >= 4 is 10.1 Å². The van der Waals surface area contributed by atoms with Crippen LogP contribution in [0.4, 0.5) is 48.3 Å². The van der Waals surface area contributed by atoms with E-state index in [0.717, 1.165) is 0 Å². The van der Waals surface area contributed by atoms with Gasteiger partial charge in [0.25, 0.3) is 0 Å². The molecule has 0 bridgehead atoms. The minimum absolute atomic E-state index is 1.63. The maximum absolute atomic E-state index is 13.1. The van der Waals surface area contributed by atoms with Gasteiger partial charge < -0.3 is 0 Å². The highest BCUT2D eigenvalue weighted by Gasteiger charge is 2.80. The minimum atomic E-state index is -7.21. The standard InChI is InChI=1S/C6H3F11O4S/c7-1-2(8,9)3(10,4(11,12)13)21-5(14,15)6(16,17)22(18,19)20/h1H2,(H,18,19,20). The summed E-state index contributed by atoms with van der Waals surface area (Å²) in [6.45, 7) is -3.61. The molecule has 134 valence electrons. The van der Waals surface area contributed by atoms with Gasteiger partial charge in [-0.2, -0.15) is 52.3 Å². The molecule has 0 fully saturated rings. The molecular weight excluding hydrogens is 377 g/mol. The lowest BCUT2D eigenvalue weighted by Crippen LogP contribution is -2.64. The predicted molar refractivity (Wildman–Crippen MR) is 43.3 cm³/mol. The molecular formula is C6H3F11O4S. The van der Waals surface area contributed by atoms with Crippen LogP contribution in [-0.2, 0) is 14.9 Å². The van der Waals surface area contributed by atoms with Crippen molar-refractivity contribution in [2.45, 2.75) is 29.3 Å². The van der Waals surface area contributed by atoms with Crippen LogP contribution in [0.15, 0.2) is 0 Å². The summed E-state index contributed by atoms with van der Waals surface area (Å²) < 4.78 is 166. The predicted octanol–water partition coefficient (Wildman–Crippen LogP) is 2.91. The molecule has 22 heavy (non-hydrogen) atoms. The first-order chi connectivity index (χ1) is 9.27. The van der Waals surface area contributed by atoms with Crippen molar-refractivity contribution < 1.29 is 66.0 Å². The quantitative estimate of drug-likeness (QED) is 0.569. The van der Waals surface area contributed by atoms with Crippen LogP contribution in [0.3, 0.4) is 0 Å². The van der Waals surface area contributed by atoms with Gasteiger partial charge in [0.1, 0.15) is 0 Å². The molecule has 0 aromatic carbocycles. The van der Waals surface area contributed by atoms with Crippen molar-refractivity contribution in [2.24, 2.45) is 0 Å². The van der Waals surface area contributed by atoms with Crippen LogP contribution in [0.25, 0.3) is 0 Å². The van der Waals surface area contributed by atoms with Gasteiger partial charge in [0.2, 0.25) is 0 Å². The summed E-state index contributed by atoms with van der Waals surface area (Å²) in [5.41, 5.74) is 0. The third-order valence-corrected chi connectivity index (χ3v) is 2.82. The average molecular weight is 380 g/mol. The Morgan fingerprint density at radius 1 is 0.864 bits per heavy atom. The molecule has 0 saturated carbocycles. The lowest BCUT2D eigenvalue weighted by molar-refractivity contribution is -0.478. The molecule has 0 radical (unpaired) electrons. The molecule has 0 heterocycles. The van der Waals surface area contributed by atoms with Gasteiger partial charge in [-0.15, -0.1) is 0 Å². The second-order valence-electron chi connectivity index (χ2n) is 3.54. The summed E-state index contributed by atoms with van der Waals surface area (Å²) in [7, 11) is -7.21. The second-order valence-corrected chi connectivity index (χ2v) is 5.00. The van der Waals surface area contributed by atoms with E-state index in [2.05, 4.69) is 0 Å². The Hall–Kier alpha value is -0.900. The zero-order valence-corrected chi connectivity index (χ0v) is 10.3. The fraction of sp³-hybridized carbons (Fsp3) is 1.00. The van der Waals surface area contributed by atoms with E-state index < -0.39 is 46.1 Å². The van der Waals surface area contributed by atoms with E-state index in [1.807, 2.05) is 0 Å². The van der Waals surface area contributed by atoms with E-state index in [1.165, 1.54) is 0 Å². The van der Waals surface area contributed by atoms with E-state index in [9.17, 15) is 56.7 Å². The normalized spacial score (nSPS) is 18.2. The van der Waals surface area contributed by atoms with Crippen molar-refractivity contribution in [1.29, 1.82) is 0 Å². The van der Waals surface area contributed by atoms with Gasteiger partial charge in [0.05, 0.1) is 0 Å². The molecule has 0 aliphatic carbocycles. The Morgan fingerprint density at radius 3 is 1.45 bits per heavy atom. The summed E-state index contributed by atoms with van der Waals surface area (Å²) in [6, 6.07) is 0. The Labute approximate surface area is 113 Å². The van der Waals surface area contributed by atoms with E-state index in [4.69, 9.17) is 4.55 Å². The second kappa shape index (κ2) is 5.33. The maximum Gasteiger partial charge on any atom is 0.460 e. The molecule has 1 atom stereocenters. The van der Waals surface area contributed by atoms with Crippen molar-refractivity contribution in [3.05, 3.63) is 0 Å². The number of ether oxygens (including phenoxy) is 1. The molecule has 0 spiro atoms. The van der Waals surface area contributed by atoms with Gasteiger partial charge in [-0.05, 0) is 0 Å². The van der Waals surface area contributed by atoms with E-state index in [1.54, 1.807) is 4.74 Å². The highest BCUT2D eigenvalue weighted by atomic mass is 32.2. The molecule has 0 aliphatic rings. The van der Waals surface area contributed by atoms with Crippen LogP contribution in [0.5, 0.6) is 0 Å². The summed E-state index contributed by atoms with van der Waals surface area (Å²) >= 11 is 0. The molecule has 0 aliphatic heterocycles. The highest BCUT2D eigenvalue weighted by molar-refractivity contribution is 7.86. The van der Waals surface area contributed by atoms with Crippen molar-refractivity contribution in [2.75, 3.05) is 6.67 Å². The van der Waals surface area contributed by atoms with Crippen molar-refractivity contribution in [3.63, 3.8) is 0 Å². The summed E-state index contributed by atoms with van der Waals surface area (Å²) in [5, 5.41) is -6.95. The van der Waals surface area contributed by atoms with Crippen molar-refractivity contribution in [1.82, 2.24) is 0 Å². The van der Waals surface area contributed by atoms with E-state index in [0.29, 0.717) is 0 Å². The molecule has 1 N–H and O–H groups in total. The van der Waals surface area contributed by atoms with Gasteiger partial charge in [-0.25, -0.2) is 4.39 Å².